The van der Waals surface area contributed by atoms with Crippen molar-refractivity contribution in [1.82, 2.24) is 13.9 Å². The van der Waals surface area contributed by atoms with Crippen molar-refractivity contribution in [2.75, 3.05) is 0 Å². The summed E-state index contributed by atoms with van der Waals surface area (Å²) in [5, 5.41) is 2.54. The van der Waals surface area contributed by atoms with Crippen molar-refractivity contribution >= 4 is 10.8 Å². The lowest BCUT2D eigenvalue weighted by Crippen LogP contribution is -2.67. The summed E-state index contributed by atoms with van der Waals surface area (Å²) in [5.74, 6) is 0.571. The van der Waals surface area contributed by atoms with Gasteiger partial charge in [0.2, 0.25) is 0 Å². The fourth-order valence-corrected chi connectivity index (χ4v) is 10.4. The molecule has 7 atom stereocenters. The van der Waals surface area contributed by atoms with E-state index in [9.17, 15) is 9.59 Å². The van der Waals surface area contributed by atoms with E-state index in [1.165, 1.54) is 28.3 Å². The molecule has 2 aliphatic heterocycles. The molecule has 0 unspecified atom stereocenters. The van der Waals surface area contributed by atoms with E-state index in [0.29, 0.717) is 5.92 Å². The van der Waals surface area contributed by atoms with E-state index in [4.69, 9.17) is 0 Å². The topological polar surface area (TPSA) is 48.9 Å². The first-order chi connectivity index (χ1) is 17.8. The Hall–Kier alpha value is -3.08. The van der Waals surface area contributed by atoms with E-state index in [2.05, 4.69) is 81.5 Å². The van der Waals surface area contributed by atoms with Crippen LogP contribution in [0.4, 0.5) is 0 Å². The Morgan fingerprint density at radius 1 is 0.865 bits per heavy atom. The number of hydrogen-bond acceptors (Lipinski definition) is 2. The molecule has 0 saturated heterocycles. The van der Waals surface area contributed by atoms with E-state index in [1.807, 2.05) is 9.36 Å². The van der Waals surface area contributed by atoms with Crippen molar-refractivity contribution in [3.05, 3.63) is 92.8 Å². The minimum absolute atomic E-state index is 0.0259. The Kier molecular flexibility index (Phi) is 3.38. The molecule has 3 heterocycles. The first kappa shape index (κ1) is 20.9. The number of benzene rings is 2. The highest BCUT2D eigenvalue weighted by Crippen LogP contribution is 2.73. The normalized spacial score (nSPS) is 40.8. The predicted molar refractivity (Wildman–Crippen MR) is 144 cm³/mol. The average Bonchev–Trinajstić information content (AvgIpc) is 3.36. The maximum atomic E-state index is 14.4. The fraction of sp³-hybridized carbons (Fsp3) is 0.500. The molecule has 0 radical (unpaired) electrons. The molecule has 2 saturated carbocycles. The van der Waals surface area contributed by atoms with Crippen molar-refractivity contribution in [1.29, 1.82) is 0 Å². The van der Waals surface area contributed by atoms with E-state index in [0.717, 1.165) is 25.7 Å². The van der Waals surface area contributed by atoms with Gasteiger partial charge in [-0.05, 0) is 70.8 Å². The minimum Gasteiger partial charge on any atom is -0.246 e. The molecule has 2 aromatic carbocycles. The zero-order valence-corrected chi connectivity index (χ0v) is 21.8. The lowest BCUT2D eigenvalue weighted by Gasteiger charge is -2.67. The summed E-state index contributed by atoms with van der Waals surface area (Å²) in [4.78, 5) is 28.7. The van der Waals surface area contributed by atoms with Gasteiger partial charge in [-0.2, -0.15) is 0 Å². The summed E-state index contributed by atoms with van der Waals surface area (Å²) in [6.45, 7) is 7.04. The predicted octanol–water partition coefficient (Wildman–Crippen LogP) is 5.46. The molecule has 2 fully saturated rings. The van der Waals surface area contributed by atoms with Gasteiger partial charge < -0.3 is 0 Å². The van der Waals surface area contributed by atoms with Crippen molar-refractivity contribution < 1.29 is 0 Å². The van der Waals surface area contributed by atoms with Crippen LogP contribution in [0.15, 0.2) is 70.3 Å². The second-order valence-corrected chi connectivity index (χ2v) is 13.6. The third-order valence-corrected chi connectivity index (χ3v) is 12.7. The van der Waals surface area contributed by atoms with Gasteiger partial charge in [0.25, 0.3) is 0 Å². The van der Waals surface area contributed by atoms with Gasteiger partial charge in [0.15, 0.2) is 0 Å². The number of allylic oxidation sites excluding steroid dienone is 4. The van der Waals surface area contributed by atoms with Crippen molar-refractivity contribution in [2.24, 2.45) is 22.2 Å². The monoisotopic (exact) mass is 491 g/mol. The van der Waals surface area contributed by atoms with Crippen LogP contribution in [0.1, 0.15) is 75.7 Å². The quantitative estimate of drug-likeness (QED) is 0.425. The zero-order valence-electron chi connectivity index (χ0n) is 21.8. The molecule has 10 rings (SSSR count). The van der Waals surface area contributed by atoms with Crippen LogP contribution in [0.2, 0.25) is 0 Å². The van der Waals surface area contributed by atoms with Crippen LogP contribution in [0.5, 0.6) is 0 Å². The van der Waals surface area contributed by atoms with Gasteiger partial charge in [-0.1, -0.05) is 81.5 Å². The maximum Gasteiger partial charge on any atom is 0.348 e. The SMILES string of the molecule is CC1(C)[C@H]2CC[C@]1(C)[C@H](n1c(=O)n3n(c1=O)[C@@H]1C=C[C@@H]3[C@@]34C=C[C@@]13CCc1ccc3ccccc3c14)C2. The number of hydrogen-bond donors (Lipinski definition) is 0. The number of fused-ring (bicyclic) bond motifs is 5. The summed E-state index contributed by atoms with van der Waals surface area (Å²) in [7, 11) is 0. The van der Waals surface area contributed by atoms with Crippen LogP contribution in [-0.2, 0) is 11.8 Å². The van der Waals surface area contributed by atoms with Crippen LogP contribution < -0.4 is 11.4 Å². The van der Waals surface area contributed by atoms with Gasteiger partial charge in [-0.3, -0.25) is 0 Å². The minimum atomic E-state index is -0.291. The van der Waals surface area contributed by atoms with Crippen molar-refractivity contribution in [3.63, 3.8) is 0 Å². The highest BCUT2D eigenvalue weighted by atomic mass is 16.2. The Morgan fingerprint density at radius 2 is 1.62 bits per heavy atom. The molecular weight excluding hydrogens is 458 g/mol. The molecule has 4 bridgehead atoms. The Morgan fingerprint density at radius 3 is 2.32 bits per heavy atom. The molecule has 5 heteroatoms. The molecule has 7 aliphatic rings. The maximum absolute atomic E-state index is 14.4. The fourth-order valence-electron chi connectivity index (χ4n) is 10.4. The molecule has 0 N–H and O–H groups in total. The van der Waals surface area contributed by atoms with Crippen LogP contribution in [0, 0.1) is 22.2 Å². The van der Waals surface area contributed by atoms with Gasteiger partial charge in [0, 0.05) is 11.5 Å². The Balaban J connectivity index is 1.32. The third kappa shape index (κ3) is 1.89. The summed E-state index contributed by atoms with van der Waals surface area (Å²) in [6, 6.07) is 12.9. The van der Waals surface area contributed by atoms with Crippen LogP contribution in [0.3, 0.4) is 0 Å². The molecule has 5 nitrogen and oxygen atoms in total. The third-order valence-electron chi connectivity index (χ3n) is 12.7. The highest BCUT2D eigenvalue weighted by Gasteiger charge is 2.71. The second-order valence-electron chi connectivity index (χ2n) is 13.6. The first-order valence-electron chi connectivity index (χ1n) is 14.1. The number of aryl methyl sites for hydroxylation is 1. The molecule has 5 aliphatic carbocycles. The second kappa shape index (κ2) is 5.98. The lowest BCUT2D eigenvalue weighted by atomic mass is 9.40. The highest BCUT2D eigenvalue weighted by molar-refractivity contribution is 5.89. The smallest absolute Gasteiger partial charge is 0.246 e. The van der Waals surface area contributed by atoms with Gasteiger partial charge in [0.1, 0.15) is 0 Å². The van der Waals surface area contributed by atoms with E-state index < -0.39 is 0 Å². The van der Waals surface area contributed by atoms with Gasteiger partial charge in [-0.25, -0.2) is 23.5 Å². The molecule has 3 aromatic rings. The van der Waals surface area contributed by atoms with Gasteiger partial charge >= 0.3 is 11.4 Å². The van der Waals surface area contributed by atoms with Crippen molar-refractivity contribution in [3.8, 4) is 0 Å². The summed E-state index contributed by atoms with van der Waals surface area (Å²) < 4.78 is 5.43. The summed E-state index contributed by atoms with van der Waals surface area (Å²) in [5.41, 5.74) is 2.23. The standard InChI is InChI=1S/C32H33N3O2/c1-29(2)21-13-14-30(29,3)25(18-21)33-27(36)34-23-10-11-24(35(34)28(33)37)32-17-16-31(23,32)15-12-20-9-8-19-6-4-5-7-22(19)26(20)32/h4-11,16-17,21,23-25H,12-15,18H2,1-3H3/t21-,23+,24+,25+,30+,31-,32+/m0/s1. The number of aromatic nitrogens is 3. The lowest BCUT2D eigenvalue weighted by molar-refractivity contribution is -0.00618. The van der Waals surface area contributed by atoms with Crippen LogP contribution in [0.25, 0.3) is 10.8 Å². The van der Waals surface area contributed by atoms with E-state index in [1.54, 1.807) is 4.57 Å². The largest absolute Gasteiger partial charge is 0.348 e. The molecule has 0 amide bonds. The van der Waals surface area contributed by atoms with Gasteiger partial charge in [0.05, 0.1) is 17.5 Å². The molecule has 0 spiro atoms. The number of nitrogens with zero attached hydrogens (tertiary/aromatic N) is 3. The van der Waals surface area contributed by atoms with Gasteiger partial charge in [-0.15, -0.1) is 0 Å². The molecule has 1 aromatic heterocycles. The van der Waals surface area contributed by atoms with E-state index >= 15 is 0 Å². The molecular formula is C32H33N3O2. The molecule has 188 valence electrons. The first-order valence-corrected chi connectivity index (χ1v) is 14.1. The average molecular weight is 492 g/mol. The summed E-state index contributed by atoms with van der Waals surface area (Å²) in [6.07, 6.45) is 14.5. The van der Waals surface area contributed by atoms with Crippen molar-refractivity contribution in [2.45, 2.75) is 76.4 Å². The molecule has 37 heavy (non-hydrogen) atoms. The van der Waals surface area contributed by atoms with E-state index in [-0.39, 0.29) is 51.2 Å². The Bertz CT molecular complexity index is 1750. The Labute approximate surface area is 216 Å². The number of rotatable bonds is 1. The van der Waals surface area contributed by atoms with Crippen LogP contribution >= 0.6 is 0 Å². The summed E-state index contributed by atoms with van der Waals surface area (Å²) >= 11 is 0. The van der Waals surface area contributed by atoms with Crippen LogP contribution in [-0.4, -0.2) is 13.9 Å². The zero-order chi connectivity index (χ0) is 25.1.